The van der Waals surface area contributed by atoms with Gasteiger partial charge in [-0.15, -0.1) is 0 Å². The molecule has 1 aromatic carbocycles. The van der Waals surface area contributed by atoms with Crippen LogP contribution in [0, 0.1) is 16.7 Å². The maximum atomic E-state index is 12.4. The highest BCUT2D eigenvalue weighted by molar-refractivity contribution is 5.83. The zero-order chi connectivity index (χ0) is 16.3. The molecule has 116 valence electrons. The molecule has 0 bridgehead atoms. The minimum absolute atomic E-state index is 0.188. The first-order valence-corrected chi connectivity index (χ1v) is 7.05. The number of likely N-dealkylation sites (tertiary alicyclic amines) is 1. The second-order valence-corrected chi connectivity index (χ2v) is 5.78. The van der Waals surface area contributed by atoms with Gasteiger partial charge in [0.1, 0.15) is 5.75 Å². The Morgan fingerprint density at radius 3 is 2.82 bits per heavy atom. The third kappa shape index (κ3) is 3.19. The number of carboxylic acid groups (broad SMARTS) is 1. The van der Waals surface area contributed by atoms with E-state index in [-0.39, 0.29) is 12.5 Å². The lowest BCUT2D eigenvalue weighted by Gasteiger charge is -2.23. The summed E-state index contributed by atoms with van der Waals surface area (Å²) in [5.74, 6) is -0.689. The van der Waals surface area contributed by atoms with Crippen LogP contribution in [0.3, 0.4) is 0 Å². The van der Waals surface area contributed by atoms with Crippen molar-refractivity contribution >= 4 is 11.9 Å². The van der Waals surface area contributed by atoms with Crippen molar-refractivity contribution in [2.75, 3.05) is 13.1 Å². The van der Waals surface area contributed by atoms with Gasteiger partial charge in [0.2, 0.25) is 0 Å². The Kier molecular flexibility index (Phi) is 4.36. The van der Waals surface area contributed by atoms with E-state index in [1.165, 1.54) is 4.90 Å². The van der Waals surface area contributed by atoms with Crippen LogP contribution in [-0.4, -0.2) is 41.1 Å². The van der Waals surface area contributed by atoms with Gasteiger partial charge in [0, 0.05) is 13.1 Å². The Labute approximate surface area is 128 Å². The molecule has 2 rings (SSSR count). The van der Waals surface area contributed by atoms with Crippen LogP contribution < -0.4 is 4.74 Å². The van der Waals surface area contributed by atoms with Crippen LogP contribution in [0.1, 0.15) is 25.8 Å². The van der Waals surface area contributed by atoms with Crippen LogP contribution in [0.15, 0.2) is 24.3 Å². The second-order valence-electron chi connectivity index (χ2n) is 5.78. The molecular formula is C16H18N2O4. The largest absolute Gasteiger partial charge is 0.481 e. The number of aliphatic carboxylic acids is 1. The molecule has 0 radical (unpaired) electrons. The van der Waals surface area contributed by atoms with Crippen molar-refractivity contribution in [3.05, 3.63) is 29.8 Å². The van der Waals surface area contributed by atoms with Gasteiger partial charge in [-0.1, -0.05) is 6.07 Å². The monoisotopic (exact) mass is 302 g/mol. The lowest BCUT2D eigenvalue weighted by Crippen LogP contribution is -2.41. The zero-order valence-electron chi connectivity index (χ0n) is 12.6. The van der Waals surface area contributed by atoms with Crippen LogP contribution in [0.5, 0.6) is 5.75 Å². The molecule has 1 aliphatic rings. The minimum Gasteiger partial charge on any atom is -0.481 e. The van der Waals surface area contributed by atoms with E-state index in [1.54, 1.807) is 38.1 Å². The smallest absolute Gasteiger partial charge is 0.311 e. The number of rotatable bonds is 4. The van der Waals surface area contributed by atoms with Crippen LogP contribution in [0.2, 0.25) is 0 Å². The molecule has 22 heavy (non-hydrogen) atoms. The molecular weight excluding hydrogens is 284 g/mol. The zero-order valence-corrected chi connectivity index (χ0v) is 12.6. The van der Waals surface area contributed by atoms with E-state index >= 15 is 0 Å². The Balaban J connectivity index is 2.01. The summed E-state index contributed by atoms with van der Waals surface area (Å²) in [6, 6.07) is 8.58. The van der Waals surface area contributed by atoms with E-state index in [1.807, 2.05) is 6.07 Å². The van der Waals surface area contributed by atoms with E-state index < -0.39 is 17.5 Å². The predicted octanol–water partition coefficient (Wildman–Crippen LogP) is 1.65. The molecule has 1 aromatic rings. The highest BCUT2D eigenvalue weighted by atomic mass is 16.5. The number of benzene rings is 1. The Bertz CT molecular complexity index is 637. The van der Waals surface area contributed by atoms with Gasteiger partial charge in [-0.3, -0.25) is 9.59 Å². The maximum absolute atomic E-state index is 12.4. The molecule has 1 fully saturated rings. The van der Waals surface area contributed by atoms with Gasteiger partial charge < -0.3 is 14.7 Å². The molecule has 1 saturated heterocycles. The lowest BCUT2D eigenvalue weighted by atomic mass is 9.90. The van der Waals surface area contributed by atoms with Crippen molar-refractivity contribution in [1.29, 1.82) is 5.26 Å². The number of nitriles is 1. The SMILES string of the molecule is C[C@@H](Oc1cccc(C#N)c1)C(=O)N1CC[C@](C)(C(=O)O)C1. The van der Waals surface area contributed by atoms with Gasteiger partial charge >= 0.3 is 5.97 Å². The summed E-state index contributed by atoms with van der Waals surface area (Å²) in [6.45, 7) is 3.86. The van der Waals surface area contributed by atoms with Crippen molar-refractivity contribution in [2.45, 2.75) is 26.4 Å². The number of carboxylic acids is 1. The minimum atomic E-state index is -0.893. The van der Waals surface area contributed by atoms with Crippen LogP contribution in [0.25, 0.3) is 0 Å². The molecule has 1 amide bonds. The summed E-state index contributed by atoms with van der Waals surface area (Å²) >= 11 is 0. The van der Waals surface area contributed by atoms with Gasteiger partial charge in [0.15, 0.2) is 6.10 Å². The van der Waals surface area contributed by atoms with Crippen molar-refractivity contribution in [3.63, 3.8) is 0 Å². The van der Waals surface area contributed by atoms with Gasteiger partial charge in [0.25, 0.3) is 5.91 Å². The van der Waals surface area contributed by atoms with Crippen molar-refractivity contribution in [3.8, 4) is 11.8 Å². The summed E-state index contributed by atoms with van der Waals surface area (Å²) in [5.41, 5.74) is -0.437. The fourth-order valence-electron chi connectivity index (χ4n) is 2.47. The van der Waals surface area contributed by atoms with E-state index in [2.05, 4.69) is 0 Å². The number of amides is 1. The van der Waals surface area contributed by atoms with E-state index in [4.69, 9.17) is 10.00 Å². The van der Waals surface area contributed by atoms with E-state index in [0.717, 1.165) is 0 Å². The summed E-state index contributed by atoms with van der Waals surface area (Å²) in [5, 5.41) is 18.1. The van der Waals surface area contributed by atoms with Crippen molar-refractivity contribution < 1.29 is 19.4 Å². The van der Waals surface area contributed by atoms with E-state index in [9.17, 15) is 14.7 Å². The molecule has 1 N–H and O–H groups in total. The molecule has 6 heteroatoms. The topological polar surface area (TPSA) is 90.6 Å². The van der Waals surface area contributed by atoms with Gasteiger partial charge in [-0.25, -0.2) is 0 Å². The van der Waals surface area contributed by atoms with Crippen LogP contribution in [0.4, 0.5) is 0 Å². The fourth-order valence-corrected chi connectivity index (χ4v) is 2.47. The average Bonchev–Trinajstić information content (AvgIpc) is 2.90. The Hall–Kier alpha value is -2.55. The molecule has 0 aliphatic carbocycles. The second kappa shape index (κ2) is 6.06. The number of carbonyl (C=O) groups is 2. The highest BCUT2D eigenvalue weighted by Gasteiger charge is 2.43. The summed E-state index contributed by atoms with van der Waals surface area (Å²) in [4.78, 5) is 25.1. The predicted molar refractivity (Wildman–Crippen MR) is 78.2 cm³/mol. The Morgan fingerprint density at radius 2 is 2.23 bits per heavy atom. The average molecular weight is 302 g/mol. The van der Waals surface area contributed by atoms with Crippen molar-refractivity contribution in [2.24, 2.45) is 5.41 Å². The molecule has 0 unspecified atom stereocenters. The number of carbonyl (C=O) groups excluding carboxylic acids is 1. The molecule has 1 heterocycles. The fraction of sp³-hybridized carbons (Fsp3) is 0.438. The van der Waals surface area contributed by atoms with Gasteiger partial charge in [-0.05, 0) is 38.5 Å². The molecule has 2 atom stereocenters. The highest BCUT2D eigenvalue weighted by Crippen LogP contribution is 2.30. The Morgan fingerprint density at radius 1 is 1.50 bits per heavy atom. The number of ether oxygens (including phenoxy) is 1. The number of hydrogen-bond donors (Lipinski definition) is 1. The maximum Gasteiger partial charge on any atom is 0.311 e. The van der Waals surface area contributed by atoms with Crippen LogP contribution in [-0.2, 0) is 9.59 Å². The molecule has 0 saturated carbocycles. The van der Waals surface area contributed by atoms with Crippen molar-refractivity contribution in [1.82, 2.24) is 4.90 Å². The lowest BCUT2D eigenvalue weighted by molar-refractivity contribution is -0.147. The normalized spacial score (nSPS) is 22.0. The summed E-state index contributed by atoms with van der Waals surface area (Å²) < 4.78 is 5.57. The summed E-state index contributed by atoms with van der Waals surface area (Å²) in [7, 11) is 0. The van der Waals surface area contributed by atoms with E-state index in [0.29, 0.717) is 24.3 Å². The quantitative estimate of drug-likeness (QED) is 0.913. The van der Waals surface area contributed by atoms with Crippen LogP contribution >= 0.6 is 0 Å². The van der Waals surface area contributed by atoms with Gasteiger partial charge in [-0.2, -0.15) is 5.26 Å². The van der Waals surface area contributed by atoms with Gasteiger partial charge in [0.05, 0.1) is 17.0 Å². The number of hydrogen-bond acceptors (Lipinski definition) is 4. The first kappa shape index (κ1) is 15.8. The molecule has 0 aromatic heterocycles. The summed E-state index contributed by atoms with van der Waals surface area (Å²) in [6.07, 6.45) is -0.296. The molecule has 6 nitrogen and oxygen atoms in total. The molecule has 0 spiro atoms. The number of nitrogens with zero attached hydrogens (tertiary/aromatic N) is 2. The third-order valence-electron chi connectivity index (χ3n) is 3.93. The third-order valence-corrected chi connectivity index (χ3v) is 3.93. The molecule has 1 aliphatic heterocycles. The standard InChI is InChI=1S/C16H18N2O4/c1-11(22-13-5-3-4-12(8-13)9-17)14(19)18-7-6-16(2,10-18)15(20)21/h3-5,8,11H,6-7,10H2,1-2H3,(H,20,21)/t11-,16+/m1/s1. The first-order valence-electron chi connectivity index (χ1n) is 7.05. The first-order chi connectivity index (χ1) is 10.4.